The molecule has 2 aromatic rings. The number of aromatic nitrogens is 1. The first-order chi connectivity index (χ1) is 17.3. The lowest BCUT2D eigenvalue weighted by Crippen LogP contribution is -2.35. The van der Waals surface area contributed by atoms with Gasteiger partial charge >= 0.3 is 0 Å². The molecule has 2 rings (SSSR count). The van der Waals surface area contributed by atoms with Crippen LogP contribution >= 0.6 is 0 Å². The van der Waals surface area contributed by atoms with E-state index in [0.29, 0.717) is 13.1 Å². The summed E-state index contributed by atoms with van der Waals surface area (Å²) in [4.78, 5) is 0. The average molecular weight is 518 g/mol. The Morgan fingerprint density at radius 2 is 1.53 bits per heavy atom. The first-order valence-electron chi connectivity index (χ1n) is 14.0. The lowest BCUT2D eigenvalue weighted by molar-refractivity contribution is -0.697. The van der Waals surface area contributed by atoms with Gasteiger partial charge < -0.3 is 4.74 Å². The fourth-order valence-electron chi connectivity index (χ4n) is 4.47. The summed E-state index contributed by atoms with van der Waals surface area (Å²) in [5.74, 6) is 0.863. The molecule has 0 aliphatic rings. The number of aryl methyl sites for hydroxylation is 2. The molecule has 5 nitrogen and oxygen atoms in total. The van der Waals surface area contributed by atoms with E-state index in [2.05, 4.69) is 18.4 Å². The zero-order chi connectivity index (χ0) is 26.2. The van der Waals surface area contributed by atoms with Crippen LogP contribution in [0, 0.1) is 6.92 Å². The van der Waals surface area contributed by atoms with Crippen molar-refractivity contribution in [3.05, 3.63) is 59.4 Å². The Bertz CT molecular complexity index is 991. The maximum absolute atomic E-state index is 12.6. The highest BCUT2D eigenvalue weighted by Crippen LogP contribution is 2.21. The van der Waals surface area contributed by atoms with E-state index in [4.69, 9.17) is 4.74 Å². The van der Waals surface area contributed by atoms with Crippen LogP contribution in [0.4, 0.5) is 0 Å². The molecule has 1 heterocycles. The number of benzene rings is 1. The van der Waals surface area contributed by atoms with Gasteiger partial charge in [0.05, 0.1) is 12.9 Å². The lowest BCUT2D eigenvalue weighted by Gasteiger charge is -2.21. The minimum absolute atomic E-state index is 0.353. The molecule has 0 saturated heterocycles. The summed E-state index contributed by atoms with van der Waals surface area (Å²) >= 11 is 0. The van der Waals surface area contributed by atoms with Crippen molar-refractivity contribution in [1.29, 1.82) is 0 Å². The largest absolute Gasteiger partial charge is 0.494 e. The number of unbranched alkanes of at least 4 members (excludes halogenated alkanes) is 9. The smallest absolute Gasteiger partial charge is 0.211 e. The first-order valence-corrected chi connectivity index (χ1v) is 15.8. The molecule has 0 atom stereocenters. The van der Waals surface area contributed by atoms with Gasteiger partial charge in [-0.3, -0.25) is 0 Å². The quantitative estimate of drug-likeness (QED) is 0.150. The molecule has 6 heteroatoms. The van der Waals surface area contributed by atoms with Crippen LogP contribution in [0.1, 0.15) is 101 Å². The van der Waals surface area contributed by atoms with E-state index in [9.17, 15) is 8.42 Å². The first kappa shape index (κ1) is 30.3. The van der Waals surface area contributed by atoms with Gasteiger partial charge in [0.1, 0.15) is 12.3 Å². The highest BCUT2D eigenvalue weighted by Gasteiger charge is 2.20. The molecule has 0 spiro atoms. The van der Waals surface area contributed by atoms with Crippen LogP contribution < -0.4 is 9.30 Å². The molecule has 0 amide bonds. The second kappa shape index (κ2) is 16.8. The number of rotatable bonds is 19. The maximum Gasteiger partial charge on any atom is 0.211 e. The highest BCUT2D eigenvalue weighted by atomic mass is 32.2. The van der Waals surface area contributed by atoms with Crippen LogP contribution in [0.15, 0.2) is 42.7 Å². The van der Waals surface area contributed by atoms with Gasteiger partial charge in [0.2, 0.25) is 10.0 Å². The van der Waals surface area contributed by atoms with Crippen LogP contribution in [0.3, 0.4) is 0 Å². The molecule has 0 saturated carbocycles. The van der Waals surface area contributed by atoms with E-state index in [1.807, 2.05) is 49.6 Å². The monoisotopic (exact) mass is 517 g/mol. The summed E-state index contributed by atoms with van der Waals surface area (Å²) in [6.45, 7) is 8.80. The van der Waals surface area contributed by atoms with E-state index in [1.54, 1.807) is 4.31 Å². The molecule has 0 radical (unpaired) electrons. The number of hydrogen-bond acceptors (Lipinski definition) is 3. The standard InChI is InChI=1S/C30H49N2O3S/c1-5-7-8-9-10-11-12-13-14-15-22-35-30-19-18-29(27(3)23-30)26-32(36(4,33)34)25-28-17-16-21-31(24-28)20-6-2/h16-19,21,23-24H,5-15,20,22,25-26H2,1-4H3/q+1. The second-order valence-corrected chi connectivity index (χ2v) is 12.1. The van der Waals surface area contributed by atoms with Gasteiger partial charge in [-0.2, -0.15) is 4.31 Å². The van der Waals surface area contributed by atoms with Crippen LogP contribution in [0.5, 0.6) is 5.75 Å². The molecule has 202 valence electrons. The maximum atomic E-state index is 12.6. The van der Waals surface area contributed by atoms with E-state index in [1.165, 1.54) is 64.0 Å². The molecule has 0 fully saturated rings. The predicted octanol–water partition coefficient (Wildman–Crippen LogP) is 6.95. The Morgan fingerprint density at radius 3 is 2.14 bits per heavy atom. The Labute approximate surface area is 220 Å². The molecule has 0 aliphatic heterocycles. The van der Waals surface area contributed by atoms with Crippen molar-refractivity contribution in [2.24, 2.45) is 0 Å². The van der Waals surface area contributed by atoms with Gasteiger partial charge in [-0.15, -0.1) is 0 Å². The minimum atomic E-state index is -3.35. The lowest BCUT2D eigenvalue weighted by atomic mass is 10.1. The average Bonchev–Trinajstić information content (AvgIpc) is 2.83. The molecule has 36 heavy (non-hydrogen) atoms. The van der Waals surface area contributed by atoms with E-state index < -0.39 is 10.0 Å². The molecular weight excluding hydrogens is 468 g/mol. The Kier molecular flexibility index (Phi) is 14.1. The fourth-order valence-corrected chi connectivity index (χ4v) is 5.22. The summed E-state index contributed by atoms with van der Waals surface area (Å²) in [6, 6.07) is 9.98. The molecular formula is C30H49N2O3S+. The van der Waals surface area contributed by atoms with Gasteiger partial charge in [-0.1, -0.05) is 77.7 Å². The summed E-state index contributed by atoms with van der Waals surface area (Å²) in [6.07, 6.45) is 19.5. The third-order valence-corrected chi connectivity index (χ3v) is 7.85. The number of pyridine rings is 1. The molecule has 0 bridgehead atoms. The predicted molar refractivity (Wildman–Crippen MR) is 150 cm³/mol. The third-order valence-electron chi connectivity index (χ3n) is 6.66. The van der Waals surface area contributed by atoms with Gasteiger partial charge in [-0.25, -0.2) is 13.0 Å². The van der Waals surface area contributed by atoms with E-state index in [0.717, 1.165) is 48.4 Å². The zero-order valence-corrected chi connectivity index (χ0v) is 24.0. The Balaban J connectivity index is 1.80. The van der Waals surface area contributed by atoms with Crippen molar-refractivity contribution in [3.8, 4) is 5.75 Å². The van der Waals surface area contributed by atoms with Gasteiger partial charge in [0.25, 0.3) is 0 Å². The van der Waals surface area contributed by atoms with Crippen molar-refractivity contribution in [3.63, 3.8) is 0 Å². The molecule has 1 aromatic heterocycles. The van der Waals surface area contributed by atoms with Crippen molar-refractivity contribution in [2.75, 3.05) is 12.9 Å². The van der Waals surface area contributed by atoms with Gasteiger partial charge in [0.15, 0.2) is 12.4 Å². The molecule has 0 unspecified atom stereocenters. The Hall–Kier alpha value is -1.92. The summed E-state index contributed by atoms with van der Waals surface area (Å²) in [7, 11) is -3.35. The summed E-state index contributed by atoms with van der Waals surface area (Å²) in [5.41, 5.74) is 3.05. The van der Waals surface area contributed by atoms with E-state index >= 15 is 0 Å². The van der Waals surface area contributed by atoms with Crippen LogP contribution in [0.2, 0.25) is 0 Å². The summed E-state index contributed by atoms with van der Waals surface area (Å²) in [5, 5.41) is 0. The van der Waals surface area contributed by atoms with Crippen molar-refractivity contribution < 1.29 is 17.7 Å². The van der Waals surface area contributed by atoms with Crippen LogP contribution in [-0.4, -0.2) is 25.6 Å². The number of ether oxygens (including phenoxy) is 1. The number of hydrogen-bond donors (Lipinski definition) is 0. The highest BCUT2D eigenvalue weighted by molar-refractivity contribution is 7.88. The van der Waals surface area contributed by atoms with Gasteiger partial charge in [0, 0.05) is 31.1 Å². The normalized spacial score (nSPS) is 11.8. The molecule has 0 aliphatic carbocycles. The van der Waals surface area contributed by atoms with Crippen LogP contribution in [0.25, 0.3) is 0 Å². The third kappa shape index (κ3) is 11.9. The molecule has 0 N–H and O–H groups in total. The van der Waals surface area contributed by atoms with Crippen molar-refractivity contribution in [2.45, 2.75) is 111 Å². The number of nitrogens with zero attached hydrogens (tertiary/aromatic N) is 2. The van der Waals surface area contributed by atoms with E-state index in [-0.39, 0.29) is 0 Å². The van der Waals surface area contributed by atoms with Crippen molar-refractivity contribution in [1.82, 2.24) is 4.31 Å². The minimum Gasteiger partial charge on any atom is -0.494 e. The van der Waals surface area contributed by atoms with Gasteiger partial charge in [-0.05, 0) is 42.7 Å². The Morgan fingerprint density at radius 1 is 0.861 bits per heavy atom. The van der Waals surface area contributed by atoms with Crippen LogP contribution in [-0.2, 0) is 29.7 Å². The zero-order valence-electron chi connectivity index (χ0n) is 23.2. The second-order valence-electron chi connectivity index (χ2n) is 10.1. The fraction of sp³-hybridized carbons (Fsp3) is 0.633. The number of sulfonamides is 1. The molecule has 1 aromatic carbocycles. The topological polar surface area (TPSA) is 50.5 Å². The summed E-state index contributed by atoms with van der Waals surface area (Å²) < 4.78 is 34.7. The van der Waals surface area contributed by atoms with Crippen molar-refractivity contribution >= 4 is 10.0 Å². The SMILES string of the molecule is CCCCCCCCCCCCOc1ccc(CN(Cc2ccc[n+](CCC)c2)S(C)(=O)=O)c(C)c1.